The Kier molecular flexibility index (Phi) is 4.96. The molecular formula is C16H23N5O3. The van der Waals surface area contributed by atoms with Crippen LogP contribution < -0.4 is 0 Å². The van der Waals surface area contributed by atoms with E-state index in [1.807, 2.05) is 21.1 Å². The van der Waals surface area contributed by atoms with Crippen LogP contribution in [0.25, 0.3) is 0 Å². The molecular weight excluding hydrogens is 310 g/mol. The van der Waals surface area contributed by atoms with Crippen LogP contribution in [0.3, 0.4) is 0 Å². The van der Waals surface area contributed by atoms with Gasteiger partial charge in [-0.25, -0.2) is 0 Å². The molecule has 0 fully saturated rings. The van der Waals surface area contributed by atoms with Crippen molar-refractivity contribution in [3.05, 3.63) is 35.5 Å². The number of furan rings is 1. The van der Waals surface area contributed by atoms with Gasteiger partial charge in [-0.3, -0.25) is 9.48 Å². The summed E-state index contributed by atoms with van der Waals surface area (Å²) in [6.45, 7) is 3.10. The van der Waals surface area contributed by atoms with Gasteiger partial charge >= 0.3 is 0 Å². The summed E-state index contributed by atoms with van der Waals surface area (Å²) < 4.78 is 12.6. The average Bonchev–Trinajstić information content (AvgIpc) is 3.21. The molecule has 0 bridgehead atoms. The van der Waals surface area contributed by atoms with Crippen molar-refractivity contribution in [2.24, 2.45) is 7.05 Å². The van der Waals surface area contributed by atoms with E-state index in [0.717, 1.165) is 17.9 Å². The van der Waals surface area contributed by atoms with Crippen LogP contribution >= 0.6 is 0 Å². The number of fused-ring (bicyclic) bond motifs is 1. The molecule has 130 valence electrons. The van der Waals surface area contributed by atoms with Gasteiger partial charge in [0.2, 0.25) is 0 Å². The van der Waals surface area contributed by atoms with Crippen molar-refractivity contribution in [2.45, 2.75) is 12.5 Å². The first-order valence-corrected chi connectivity index (χ1v) is 7.98. The number of aromatic nitrogens is 3. The quantitative estimate of drug-likeness (QED) is 0.725. The molecule has 0 aliphatic carbocycles. The lowest BCUT2D eigenvalue weighted by Crippen LogP contribution is -2.40. The maximum absolute atomic E-state index is 12.6. The van der Waals surface area contributed by atoms with Crippen molar-refractivity contribution in [2.75, 3.05) is 40.4 Å². The molecule has 0 saturated heterocycles. The molecule has 0 radical (unpaired) electrons. The van der Waals surface area contributed by atoms with Crippen LogP contribution in [0, 0.1) is 0 Å². The molecule has 1 atom stereocenters. The number of nitrogens with zero attached hydrogens (tertiary/aromatic N) is 5. The molecule has 24 heavy (non-hydrogen) atoms. The lowest BCUT2D eigenvalue weighted by molar-refractivity contribution is 0.0613. The van der Waals surface area contributed by atoms with E-state index in [9.17, 15) is 4.79 Å². The van der Waals surface area contributed by atoms with Crippen LogP contribution in [0.1, 0.15) is 27.7 Å². The van der Waals surface area contributed by atoms with Gasteiger partial charge < -0.3 is 19.0 Å². The van der Waals surface area contributed by atoms with Crippen LogP contribution in [-0.2, 0) is 18.3 Å². The minimum absolute atomic E-state index is 0.0571. The summed E-state index contributed by atoms with van der Waals surface area (Å²) in [7, 11) is 5.91. The van der Waals surface area contributed by atoms with Gasteiger partial charge in [-0.1, -0.05) is 5.21 Å². The minimum Gasteiger partial charge on any atom is -0.472 e. The third-order valence-corrected chi connectivity index (χ3v) is 4.17. The number of carbonyl (C=O) groups excluding carboxylic acids is 1. The molecule has 0 saturated carbocycles. The van der Waals surface area contributed by atoms with E-state index < -0.39 is 0 Å². The highest BCUT2D eigenvalue weighted by Crippen LogP contribution is 2.27. The smallest absolute Gasteiger partial charge is 0.257 e. The van der Waals surface area contributed by atoms with E-state index in [4.69, 9.17) is 9.15 Å². The zero-order chi connectivity index (χ0) is 17.1. The number of likely N-dealkylation sites (N-methyl/N-ethyl adjacent to an activating group) is 1. The second kappa shape index (κ2) is 7.14. The zero-order valence-corrected chi connectivity index (χ0v) is 14.3. The lowest BCUT2D eigenvalue weighted by Gasteiger charge is -2.32. The Labute approximate surface area is 141 Å². The van der Waals surface area contributed by atoms with E-state index in [-0.39, 0.29) is 11.8 Å². The van der Waals surface area contributed by atoms with E-state index in [2.05, 4.69) is 15.2 Å². The predicted octanol–water partition coefficient (Wildman–Crippen LogP) is 0.726. The number of carbonyl (C=O) groups is 1. The Morgan fingerprint density at radius 2 is 2.33 bits per heavy atom. The molecule has 3 rings (SSSR count). The average molecular weight is 333 g/mol. The number of rotatable bonds is 6. The first-order valence-electron chi connectivity index (χ1n) is 7.98. The third-order valence-electron chi connectivity index (χ3n) is 4.17. The maximum atomic E-state index is 12.6. The first-order chi connectivity index (χ1) is 11.6. The van der Waals surface area contributed by atoms with Gasteiger partial charge in [-0.2, -0.15) is 0 Å². The van der Waals surface area contributed by atoms with Gasteiger partial charge in [0.25, 0.3) is 5.91 Å². The molecule has 0 unspecified atom stereocenters. The molecule has 1 amide bonds. The first kappa shape index (κ1) is 16.7. The van der Waals surface area contributed by atoms with Crippen molar-refractivity contribution in [1.82, 2.24) is 24.8 Å². The largest absolute Gasteiger partial charge is 0.472 e. The van der Waals surface area contributed by atoms with Crippen molar-refractivity contribution in [3.63, 3.8) is 0 Å². The number of amides is 1. The van der Waals surface area contributed by atoms with Crippen LogP contribution in [0.5, 0.6) is 0 Å². The molecule has 1 aliphatic rings. The van der Waals surface area contributed by atoms with Gasteiger partial charge in [0, 0.05) is 26.1 Å². The Morgan fingerprint density at radius 3 is 3.04 bits per heavy atom. The normalized spacial score (nSPS) is 17.3. The summed E-state index contributed by atoms with van der Waals surface area (Å²) in [5.41, 5.74) is 2.44. The molecule has 2 aromatic heterocycles. The number of ether oxygens (including phenoxy) is 1. The van der Waals surface area contributed by atoms with Crippen molar-refractivity contribution >= 4 is 5.91 Å². The monoisotopic (exact) mass is 333 g/mol. The molecule has 8 nitrogen and oxygen atoms in total. The van der Waals surface area contributed by atoms with Crippen molar-refractivity contribution in [3.8, 4) is 0 Å². The van der Waals surface area contributed by atoms with Crippen molar-refractivity contribution in [1.29, 1.82) is 0 Å². The predicted molar refractivity (Wildman–Crippen MR) is 86.6 cm³/mol. The standard InChI is InChI=1S/C16H23N5O3/c1-19(2)5-7-24-11-13-8-21(16(22)12-4-6-23-10-12)9-14-15(13)20(3)18-17-14/h4,6,10,13H,5,7-9,11H2,1-3H3/t13-/m0/s1. The van der Waals surface area contributed by atoms with Crippen LogP contribution in [0.4, 0.5) is 0 Å². The Bertz CT molecular complexity index is 680. The summed E-state index contributed by atoms with van der Waals surface area (Å²) in [5, 5.41) is 8.32. The number of hydrogen-bond acceptors (Lipinski definition) is 6. The highest BCUT2D eigenvalue weighted by Gasteiger charge is 2.33. The SMILES string of the molecule is CN(C)CCOC[C@@H]1CN(C(=O)c2ccoc2)Cc2nnn(C)c21. The fraction of sp³-hybridized carbons (Fsp3) is 0.562. The fourth-order valence-electron chi connectivity index (χ4n) is 2.95. The minimum atomic E-state index is -0.0571. The Hall–Kier alpha value is -2.19. The summed E-state index contributed by atoms with van der Waals surface area (Å²) in [6.07, 6.45) is 2.98. The molecule has 8 heteroatoms. The fourth-order valence-corrected chi connectivity index (χ4v) is 2.95. The topological polar surface area (TPSA) is 76.6 Å². The third kappa shape index (κ3) is 3.49. The molecule has 0 spiro atoms. The van der Waals surface area contributed by atoms with E-state index in [0.29, 0.717) is 31.9 Å². The second-order valence-electron chi connectivity index (χ2n) is 6.32. The second-order valence-corrected chi connectivity index (χ2v) is 6.32. The highest BCUT2D eigenvalue weighted by atomic mass is 16.5. The molecule has 3 heterocycles. The highest BCUT2D eigenvalue weighted by molar-refractivity contribution is 5.93. The van der Waals surface area contributed by atoms with Crippen molar-refractivity contribution < 1.29 is 13.9 Å². The summed E-state index contributed by atoms with van der Waals surface area (Å²) in [6, 6.07) is 1.68. The van der Waals surface area contributed by atoms with Gasteiger partial charge in [0.1, 0.15) is 12.0 Å². The van der Waals surface area contributed by atoms with Crippen LogP contribution in [-0.4, -0.2) is 71.1 Å². The number of aryl methyl sites for hydroxylation is 1. The van der Waals surface area contributed by atoms with E-state index in [1.165, 1.54) is 12.5 Å². The van der Waals surface area contributed by atoms with Crippen LogP contribution in [0.2, 0.25) is 0 Å². The number of hydrogen-bond donors (Lipinski definition) is 0. The van der Waals surface area contributed by atoms with Gasteiger partial charge in [0.05, 0.1) is 37.3 Å². The molecule has 2 aromatic rings. The van der Waals surface area contributed by atoms with Crippen LogP contribution in [0.15, 0.2) is 23.0 Å². The van der Waals surface area contributed by atoms with E-state index in [1.54, 1.807) is 15.6 Å². The Balaban J connectivity index is 1.72. The van der Waals surface area contributed by atoms with Gasteiger partial charge in [-0.15, -0.1) is 5.10 Å². The summed E-state index contributed by atoms with van der Waals surface area (Å²) in [5.74, 6) is 0.00473. The van der Waals surface area contributed by atoms with E-state index >= 15 is 0 Å². The lowest BCUT2D eigenvalue weighted by atomic mass is 9.98. The van der Waals surface area contributed by atoms with Gasteiger partial charge in [0.15, 0.2) is 0 Å². The Morgan fingerprint density at radius 1 is 1.50 bits per heavy atom. The zero-order valence-electron chi connectivity index (χ0n) is 14.3. The maximum Gasteiger partial charge on any atom is 0.257 e. The summed E-state index contributed by atoms with van der Waals surface area (Å²) in [4.78, 5) is 16.5. The molecule has 0 aromatic carbocycles. The molecule has 1 aliphatic heterocycles. The molecule has 0 N–H and O–H groups in total. The summed E-state index contributed by atoms with van der Waals surface area (Å²) >= 11 is 0. The van der Waals surface area contributed by atoms with Gasteiger partial charge in [-0.05, 0) is 20.2 Å².